The zero-order chi connectivity index (χ0) is 31.7. The first-order valence-corrected chi connectivity index (χ1v) is 16.9. The predicted molar refractivity (Wildman–Crippen MR) is 165 cm³/mol. The van der Waals surface area contributed by atoms with Crippen molar-refractivity contribution in [3.63, 3.8) is 0 Å². The molecule has 1 heterocycles. The van der Waals surface area contributed by atoms with E-state index in [2.05, 4.69) is 10.6 Å². The first kappa shape index (κ1) is 33.3. The van der Waals surface area contributed by atoms with E-state index in [9.17, 15) is 26.9 Å². The summed E-state index contributed by atoms with van der Waals surface area (Å²) in [4.78, 5) is 10.7. The van der Waals surface area contributed by atoms with E-state index in [1.54, 1.807) is 36.4 Å². The third-order valence-electron chi connectivity index (χ3n) is 7.35. The summed E-state index contributed by atoms with van der Waals surface area (Å²) in [5, 5.41) is 17.8. The molecule has 0 radical (unpaired) electrons. The van der Waals surface area contributed by atoms with Gasteiger partial charge in [0, 0.05) is 64.0 Å². The molecule has 0 aromatic heterocycles. The van der Waals surface area contributed by atoms with Gasteiger partial charge in [0.15, 0.2) is 0 Å². The van der Waals surface area contributed by atoms with Gasteiger partial charge >= 0.3 is 0 Å². The van der Waals surface area contributed by atoms with Crippen LogP contribution in [0.15, 0.2) is 82.6 Å². The number of ether oxygens (including phenoxy) is 2. The number of nitrogens with zero attached hydrogens (tertiary/aromatic N) is 3. The highest BCUT2D eigenvalue weighted by atomic mass is 32.2. The minimum atomic E-state index is -3.99. The molecule has 1 unspecified atom stereocenters. The number of hydrogen-bond donors (Lipinski definition) is 2. The topological polar surface area (TPSA) is 160 Å². The second-order valence-electron chi connectivity index (χ2n) is 10.1. The van der Waals surface area contributed by atoms with Crippen LogP contribution in [0.4, 0.5) is 5.69 Å². The van der Waals surface area contributed by atoms with Crippen LogP contribution in [0.2, 0.25) is 0 Å². The standard InChI is InChI=1S/C29H37N5O8S2/c1-41-26-7-11-28(12-8-26)43(37,38)32-17-15-30-22-24(21-23-3-5-25(6-4-23)34(35)36)31-16-18-33(20-19-32)44(39,40)29-13-9-27(42-2)10-14-29/h3-14,24,30-31H,15-22H2,1-2H3. The highest BCUT2D eigenvalue weighted by Gasteiger charge is 2.30. The van der Waals surface area contributed by atoms with E-state index < -0.39 is 25.0 Å². The van der Waals surface area contributed by atoms with E-state index in [1.807, 2.05) is 0 Å². The van der Waals surface area contributed by atoms with Gasteiger partial charge < -0.3 is 20.1 Å². The molecular formula is C29H37N5O8S2. The minimum absolute atomic E-state index is 0.00364. The largest absolute Gasteiger partial charge is 0.497 e. The van der Waals surface area contributed by atoms with Gasteiger partial charge in [-0.25, -0.2) is 16.8 Å². The first-order chi connectivity index (χ1) is 21.0. The molecule has 13 nitrogen and oxygen atoms in total. The Morgan fingerprint density at radius 1 is 0.750 bits per heavy atom. The summed E-state index contributed by atoms with van der Waals surface area (Å²) in [7, 11) is -4.97. The van der Waals surface area contributed by atoms with Crippen LogP contribution in [0.1, 0.15) is 5.56 Å². The number of non-ortho nitro benzene ring substituents is 1. The number of hydrogen-bond acceptors (Lipinski definition) is 10. The molecule has 1 aliphatic heterocycles. The highest BCUT2D eigenvalue weighted by Crippen LogP contribution is 2.22. The van der Waals surface area contributed by atoms with E-state index >= 15 is 0 Å². The number of nitrogens with one attached hydrogen (secondary N) is 2. The maximum Gasteiger partial charge on any atom is 0.269 e. The number of rotatable bonds is 9. The van der Waals surface area contributed by atoms with Gasteiger partial charge in [-0.1, -0.05) is 12.1 Å². The van der Waals surface area contributed by atoms with Gasteiger partial charge in [0.1, 0.15) is 11.5 Å². The van der Waals surface area contributed by atoms with E-state index in [-0.39, 0.29) is 47.7 Å². The van der Waals surface area contributed by atoms with Gasteiger partial charge in [-0.2, -0.15) is 8.61 Å². The fraction of sp³-hybridized carbons (Fsp3) is 0.379. The molecular weight excluding hydrogens is 610 g/mol. The lowest BCUT2D eigenvalue weighted by Crippen LogP contribution is -2.49. The monoisotopic (exact) mass is 647 g/mol. The Bertz CT molecular complexity index is 1600. The van der Waals surface area contributed by atoms with Crippen molar-refractivity contribution < 1.29 is 31.2 Å². The molecule has 2 N–H and O–H groups in total. The summed E-state index contributed by atoms with van der Waals surface area (Å²) in [6.45, 7) is 1.13. The average Bonchev–Trinajstić information content (AvgIpc) is 3.02. The fourth-order valence-corrected chi connectivity index (χ4v) is 7.71. The molecule has 44 heavy (non-hydrogen) atoms. The SMILES string of the molecule is COc1ccc(S(=O)(=O)N2CCNCC(Cc3ccc([N+](=O)[O-])cc3)NCCN(S(=O)(=O)c3ccc(OC)cc3)CC2)cc1. The van der Waals surface area contributed by atoms with Crippen molar-refractivity contribution in [3.8, 4) is 11.5 Å². The molecule has 0 bridgehead atoms. The van der Waals surface area contributed by atoms with Gasteiger partial charge in [-0.15, -0.1) is 0 Å². The van der Waals surface area contributed by atoms with Crippen LogP contribution in [-0.2, 0) is 26.5 Å². The van der Waals surface area contributed by atoms with Crippen molar-refractivity contribution in [3.05, 3.63) is 88.5 Å². The Labute approximate surface area is 258 Å². The molecule has 1 saturated heterocycles. The lowest BCUT2D eigenvalue weighted by Gasteiger charge is -2.29. The normalized spacial score (nSPS) is 18.1. The molecule has 238 valence electrons. The molecule has 0 spiro atoms. The van der Waals surface area contributed by atoms with Crippen LogP contribution in [0.25, 0.3) is 0 Å². The highest BCUT2D eigenvalue weighted by molar-refractivity contribution is 7.89. The molecule has 0 saturated carbocycles. The van der Waals surface area contributed by atoms with Gasteiger partial charge in [0.2, 0.25) is 20.0 Å². The Balaban J connectivity index is 1.60. The summed E-state index contributed by atoms with van der Waals surface area (Å²) in [5.41, 5.74) is 0.865. The van der Waals surface area contributed by atoms with Crippen molar-refractivity contribution in [2.75, 3.05) is 60.0 Å². The average molecular weight is 648 g/mol. The number of benzene rings is 3. The lowest BCUT2D eigenvalue weighted by atomic mass is 10.1. The fourth-order valence-electron chi connectivity index (χ4n) is 4.85. The maximum absolute atomic E-state index is 13.8. The molecule has 3 aromatic carbocycles. The van der Waals surface area contributed by atoms with Crippen LogP contribution in [-0.4, -0.2) is 96.4 Å². The Morgan fingerprint density at radius 2 is 1.23 bits per heavy atom. The number of nitro benzene ring substituents is 1. The smallest absolute Gasteiger partial charge is 0.269 e. The number of sulfonamides is 2. The van der Waals surface area contributed by atoms with Crippen LogP contribution >= 0.6 is 0 Å². The predicted octanol–water partition coefficient (Wildman–Crippen LogP) is 2.10. The lowest BCUT2D eigenvalue weighted by molar-refractivity contribution is -0.384. The molecule has 15 heteroatoms. The Morgan fingerprint density at radius 3 is 1.68 bits per heavy atom. The van der Waals surface area contributed by atoms with Crippen molar-refractivity contribution in [1.29, 1.82) is 0 Å². The maximum atomic E-state index is 13.8. The molecule has 3 aromatic rings. The van der Waals surface area contributed by atoms with Crippen molar-refractivity contribution >= 4 is 25.7 Å². The summed E-state index contributed by atoms with van der Waals surface area (Å²) >= 11 is 0. The third kappa shape index (κ3) is 8.31. The van der Waals surface area contributed by atoms with E-state index in [1.165, 1.54) is 59.2 Å². The van der Waals surface area contributed by atoms with E-state index in [4.69, 9.17) is 9.47 Å². The second-order valence-corrected chi connectivity index (χ2v) is 14.0. The first-order valence-electron chi connectivity index (χ1n) is 14.0. The summed E-state index contributed by atoms with van der Waals surface area (Å²) in [5.74, 6) is 1.03. The van der Waals surface area contributed by atoms with Crippen molar-refractivity contribution in [2.24, 2.45) is 0 Å². The summed E-state index contributed by atoms with van der Waals surface area (Å²) in [6, 6.07) is 18.2. The second kappa shape index (κ2) is 14.9. The molecule has 0 aliphatic carbocycles. The summed E-state index contributed by atoms with van der Waals surface area (Å²) in [6.07, 6.45) is 0.518. The van der Waals surface area contributed by atoms with E-state index in [0.29, 0.717) is 37.6 Å². The zero-order valence-corrected chi connectivity index (χ0v) is 26.2. The molecule has 0 amide bonds. The minimum Gasteiger partial charge on any atom is -0.497 e. The van der Waals surface area contributed by atoms with Crippen LogP contribution in [0.3, 0.4) is 0 Å². The third-order valence-corrected chi connectivity index (χ3v) is 11.2. The molecule has 1 aliphatic rings. The van der Waals surface area contributed by atoms with Crippen LogP contribution in [0.5, 0.6) is 11.5 Å². The number of methoxy groups -OCH3 is 2. The molecule has 1 fully saturated rings. The Hall–Kier alpha value is -3.60. The van der Waals surface area contributed by atoms with E-state index in [0.717, 1.165) is 5.56 Å². The van der Waals surface area contributed by atoms with Gasteiger partial charge in [-0.05, 0) is 60.5 Å². The van der Waals surface area contributed by atoms with Gasteiger partial charge in [0.25, 0.3) is 5.69 Å². The number of nitro groups is 1. The zero-order valence-electron chi connectivity index (χ0n) is 24.6. The van der Waals surface area contributed by atoms with Gasteiger partial charge in [0.05, 0.1) is 28.9 Å². The van der Waals surface area contributed by atoms with Gasteiger partial charge in [-0.3, -0.25) is 10.1 Å². The van der Waals surface area contributed by atoms with Crippen LogP contribution < -0.4 is 20.1 Å². The molecule has 4 rings (SSSR count). The summed E-state index contributed by atoms with van der Waals surface area (Å²) < 4.78 is 67.8. The van der Waals surface area contributed by atoms with Crippen LogP contribution in [0, 0.1) is 10.1 Å². The Kier molecular flexibility index (Phi) is 11.3. The molecule has 1 atom stereocenters. The van der Waals surface area contributed by atoms with Crippen molar-refractivity contribution in [2.45, 2.75) is 22.3 Å². The quantitative estimate of drug-likeness (QED) is 0.260. The van der Waals surface area contributed by atoms with Crippen molar-refractivity contribution in [1.82, 2.24) is 19.2 Å².